The van der Waals surface area contributed by atoms with Crippen molar-refractivity contribution in [2.45, 2.75) is 13.3 Å². The zero-order valence-corrected chi connectivity index (χ0v) is 25.8. The molecule has 1 saturated heterocycles. The van der Waals surface area contributed by atoms with Gasteiger partial charge in [0.1, 0.15) is 0 Å². The topological polar surface area (TPSA) is 112 Å². The van der Waals surface area contributed by atoms with Crippen LogP contribution in [0.2, 0.25) is 0 Å². The van der Waals surface area contributed by atoms with E-state index in [0.29, 0.717) is 41.4 Å². The number of piperazine rings is 1. The summed E-state index contributed by atoms with van der Waals surface area (Å²) in [6.07, 6.45) is 5.70. The number of nitrogens with zero attached hydrogens (tertiary/aromatic N) is 7. The summed E-state index contributed by atoms with van der Waals surface area (Å²) in [6, 6.07) is 23.0. The van der Waals surface area contributed by atoms with E-state index in [4.69, 9.17) is 4.98 Å². The van der Waals surface area contributed by atoms with E-state index in [-0.39, 0.29) is 11.8 Å². The molecule has 0 bridgehead atoms. The molecule has 0 radical (unpaired) electrons. The Labute approximate surface area is 267 Å². The number of fused-ring (bicyclic) bond motifs is 1. The number of rotatable bonds is 7. The van der Waals surface area contributed by atoms with E-state index in [2.05, 4.69) is 49.7 Å². The number of carbonyl (C=O) groups excluding carboxylic acids is 2. The van der Waals surface area contributed by atoms with E-state index in [1.807, 2.05) is 61.7 Å². The second kappa shape index (κ2) is 12.4. The maximum absolute atomic E-state index is 13.7. The minimum Gasteiger partial charge on any atom is -0.369 e. The Bertz CT molecular complexity index is 1880. The predicted octanol–water partition coefficient (Wildman–Crippen LogP) is 4.92. The fourth-order valence-corrected chi connectivity index (χ4v) is 5.88. The lowest BCUT2D eigenvalue weighted by Gasteiger charge is -2.34. The normalized spacial score (nSPS) is 15.0. The Morgan fingerprint density at radius 2 is 1.67 bits per heavy atom. The van der Waals surface area contributed by atoms with Gasteiger partial charge in [0.05, 0.1) is 16.9 Å². The van der Waals surface area contributed by atoms with Crippen molar-refractivity contribution in [1.82, 2.24) is 24.6 Å². The van der Waals surface area contributed by atoms with E-state index < -0.39 is 0 Å². The molecule has 0 saturated carbocycles. The third-order valence-corrected chi connectivity index (χ3v) is 8.54. The van der Waals surface area contributed by atoms with E-state index in [1.54, 1.807) is 34.1 Å². The van der Waals surface area contributed by atoms with Crippen LogP contribution >= 0.6 is 0 Å². The molecule has 0 atom stereocenters. The van der Waals surface area contributed by atoms with Gasteiger partial charge in [-0.25, -0.2) is 14.6 Å². The number of carbonyl (C=O) groups is 2. The highest BCUT2D eigenvalue weighted by molar-refractivity contribution is 6.09. The minimum absolute atomic E-state index is 0.164. The third kappa shape index (κ3) is 6.04. The van der Waals surface area contributed by atoms with Crippen molar-refractivity contribution >= 4 is 40.5 Å². The van der Waals surface area contributed by atoms with Crippen LogP contribution < -0.4 is 20.4 Å². The number of hydrogen-bond acceptors (Lipinski definition) is 8. The molecule has 2 amide bonds. The van der Waals surface area contributed by atoms with Gasteiger partial charge in [0.25, 0.3) is 11.8 Å². The van der Waals surface area contributed by atoms with Crippen molar-refractivity contribution in [2.75, 3.05) is 60.2 Å². The number of aromatic nitrogens is 4. The Morgan fingerprint density at radius 3 is 2.46 bits per heavy atom. The lowest BCUT2D eigenvalue weighted by Crippen LogP contribution is -2.44. The molecular formula is C35H35N9O2. The van der Waals surface area contributed by atoms with Gasteiger partial charge in [0.15, 0.2) is 0 Å². The first-order valence-electron chi connectivity index (χ1n) is 15.4. The molecule has 7 rings (SSSR count). The summed E-state index contributed by atoms with van der Waals surface area (Å²) in [5, 5.41) is 10.5. The molecule has 2 aromatic heterocycles. The molecule has 4 heterocycles. The van der Waals surface area contributed by atoms with Gasteiger partial charge in [-0.15, -0.1) is 0 Å². The van der Waals surface area contributed by atoms with Crippen LogP contribution in [-0.2, 0) is 6.42 Å². The van der Waals surface area contributed by atoms with Crippen molar-refractivity contribution in [3.8, 4) is 5.69 Å². The average Bonchev–Trinajstić information content (AvgIpc) is 3.62. The van der Waals surface area contributed by atoms with Gasteiger partial charge < -0.3 is 25.3 Å². The Hall–Kier alpha value is -5.55. The van der Waals surface area contributed by atoms with E-state index in [0.717, 1.165) is 48.8 Å². The Balaban J connectivity index is 1.03. The lowest BCUT2D eigenvalue weighted by molar-refractivity contribution is 0.0978. The van der Waals surface area contributed by atoms with Crippen LogP contribution in [0.15, 0.2) is 91.4 Å². The monoisotopic (exact) mass is 613 g/mol. The number of likely N-dealkylation sites (N-methyl/N-ethyl adjacent to an activating group) is 1. The highest BCUT2D eigenvalue weighted by atomic mass is 16.2. The summed E-state index contributed by atoms with van der Waals surface area (Å²) >= 11 is 0. The minimum atomic E-state index is -0.249. The first-order valence-corrected chi connectivity index (χ1v) is 15.4. The zero-order valence-electron chi connectivity index (χ0n) is 25.8. The Kier molecular flexibility index (Phi) is 7.90. The van der Waals surface area contributed by atoms with Gasteiger partial charge in [-0.3, -0.25) is 9.59 Å². The highest BCUT2D eigenvalue weighted by Crippen LogP contribution is 2.30. The fraction of sp³-hybridized carbons (Fsp3) is 0.229. The quantitative estimate of drug-likeness (QED) is 0.266. The summed E-state index contributed by atoms with van der Waals surface area (Å²) in [6.45, 7) is 6.57. The van der Waals surface area contributed by atoms with E-state index >= 15 is 0 Å². The molecule has 0 aliphatic carbocycles. The summed E-state index contributed by atoms with van der Waals surface area (Å²) in [5.41, 5.74) is 6.85. The Morgan fingerprint density at radius 1 is 0.870 bits per heavy atom. The van der Waals surface area contributed by atoms with Crippen LogP contribution in [0, 0.1) is 6.92 Å². The van der Waals surface area contributed by atoms with Crippen molar-refractivity contribution in [2.24, 2.45) is 0 Å². The van der Waals surface area contributed by atoms with Gasteiger partial charge in [-0.05, 0) is 80.2 Å². The van der Waals surface area contributed by atoms with Crippen molar-refractivity contribution in [3.05, 3.63) is 114 Å². The number of hydrogen-bond donors (Lipinski definition) is 2. The van der Waals surface area contributed by atoms with E-state index in [1.165, 1.54) is 5.69 Å². The van der Waals surface area contributed by atoms with Crippen LogP contribution in [-0.4, -0.2) is 76.2 Å². The molecule has 0 spiro atoms. The molecule has 11 heteroatoms. The molecule has 2 N–H and O–H groups in total. The second-order valence-electron chi connectivity index (χ2n) is 11.7. The molecule has 232 valence electrons. The standard InChI is InChI=1S/C35H35N9O2/c1-24-7-8-27(38-33(45)25-5-3-6-29(21-25)44-15-4-14-37-44)22-32(24)43-16-13-31-30(34(43)46)23-36-35(40-31)39-26-9-11-28(12-10-26)42-19-17-41(2)18-20-42/h3-12,14-15,21-23H,13,16-20H2,1-2H3,(H,38,45)(H,36,39,40). The van der Waals surface area contributed by atoms with Crippen LogP contribution in [0.4, 0.5) is 28.7 Å². The summed E-state index contributed by atoms with van der Waals surface area (Å²) in [5.74, 6) is 0.0502. The maximum Gasteiger partial charge on any atom is 0.261 e. The molecule has 3 aromatic carbocycles. The van der Waals surface area contributed by atoms with Crippen molar-refractivity contribution in [1.29, 1.82) is 0 Å². The molecule has 0 unspecified atom stereocenters. The first-order chi connectivity index (χ1) is 22.4. The molecule has 2 aliphatic rings. The third-order valence-electron chi connectivity index (χ3n) is 8.54. The number of anilines is 5. The van der Waals surface area contributed by atoms with Gasteiger partial charge in [-0.1, -0.05) is 12.1 Å². The molecule has 1 fully saturated rings. The van der Waals surface area contributed by atoms with Crippen molar-refractivity contribution in [3.63, 3.8) is 0 Å². The van der Waals surface area contributed by atoms with Crippen LogP contribution in [0.3, 0.4) is 0 Å². The van der Waals surface area contributed by atoms with Crippen LogP contribution in [0.1, 0.15) is 32.0 Å². The summed E-state index contributed by atoms with van der Waals surface area (Å²) in [7, 11) is 2.15. The smallest absolute Gasteiger partial charge is 0.261 e. The largest absolute Gasteiger partial charge is 0.369 e. The van der Waals surface area contributed by atoms with Crippen LogP contribution in [0.5, 0.6) is 0 Å². The molecule has 11 nitrogen and oxygen atoms in total. The maximum atomic E-state index is 13.7. The molecule has 46 heavy (non-hydrogen) atoms. The SMILES string of the molecule is Cc1ccc(NC(=O)c2cccc(-n3cccn3)c2)cc1N1CCc2nc(Nc3ccc(N4CCN(C)CC4)cc3)ncc2C1=O. The van der Waals surface area contributed by atoms with Gasteiger partial charge >= 0.3 is 0 Å². The second-order valence-corrected chi connectivity index (χ2v) is 11.7. The van der Waals surface area contributed by atoms with Gasteiger partial charge in [-0.2, -0.15) is 5.10 Å². The number of benzene rings is 3. The van der Waals surface area contributed by atoms with Gasteiger partial charge in [0, 0.05) is 86.0 Å². The molecule has 5 aromatic rings. The van der Waals surface area contributed by atoms with Crippen LogP contribution in [0.25, 0.3) is 5.69 Å². The molecule has 2 aliphatic heterocycles. The lowest BCUT2D eigenvalue weighted by atomic mass is 10.0. The first kappa shape index (κ1) is 29.2. The number of aryl methyl sites for hydroxylation is 1. The number of amides is 2. The zero-order chi connectivity index (χ0) is 31.6. The molecular weight excluding hydrogens is 578 g/mol. The highest BCUT2D eigenvalue weighted by Gasteiger charge is 2.28. The van der Waals surface area contributed by atoms with E-state index in [9.17, 15) is 9.59 Å². The predicted molar refractivity (Wildman–Crippen MR) is 180 cm³/mol. The summed E-state index contributed by atoms with van der Waals surface area (Å²) in [4.78, 5) is 42.5. The fourth-order valence-electron chi connectivity index (χ4n) is 5.88. The number of nitrogens with one attached hydrogen (secondary N) is 2. The summed E-state index contributed by atoms with van der Waals surface area (Å²) < 4.78 is 1.70. The average molecular weight is 614 g/mol. The van der Waals surface area contributed by atoms with Crippen molar-refractivity contribution < 1.29 is 9.59 Å². The van der Waals surface area contributed by atoms with Gasteiger partial charge in [0.2, 0.25) is 5.95 Å².